The van der Waals surface area contributed by atoms with Crippen LogP contribution in [0, 0.1) is 0 Å². The molecule has 0 aromatic heterocycles. The predicted molar refractivity (Wildman–Crippen MR) is 48.3 cm³/mol. The van der Waals surface area contributed by atoms with Crippen molar-refractivity contribution in [3.8, 4) is 11.5 Å². The Balaban J connectivity index is 3.14. The lowest BCUT2D eigenvalue weighted by molar-refractivity contribution is 0.296. The van der Waals surface area contributed by atoms with Crippen molar-refractivity contribution in [2.45, 2.75) is 6.42 Å². The van der Waals surface area contributed by atoms with Gasteiger partial charge in [-0.05, 0) is 12.1 Å². The molecule has 0 unspecified atom stereocenters. The van der Waals surface area contributed by atoms with Crippen LogP contribution in [0.1, 0.15) is 5.56 Å². The van der Waals surface area contributed by atoms with E-state index in [-0.39, 0.29) is 18.1 Å². The summed E-state index contributed by atoms with van der Waals surface area (Å²) in [6.45, 7) is -0.0599. The summed E-state index contributed by atoms with van der Waals surface area (Å²) in [5, 5.41) is 27.1. The summed E-state index contributed by atoms with van der Waals surface area (Å²) < 4.78 is 0.687. The highest BCUT2D eigenvalue weighted by atomic mass is 79.9. The summed E-state index contributed by atoms with van der Waals surface area (Å²) in [5.74, 6) is -0.333. The van der Waals surface area contributed by atoms with Crippen molar-refractivity contribution < 1.29 is 15.3 Å². The molecular formula is C8H9BrO3. The van der Waals surface area contributed by atoms with Crippen LogP contribution in [0.5, 0.6) is 11.5 Å². The largest absolute Gasteiger partial charge is 0.504 e. The van der Waals surface area contributed by atoms with Gasteiger partial charge in [0.1, 0.15) is 0 Å². The van der Waals surface area contributed by atoms with Gasteiger partial charge in [-0.1, -0.05) is 15.9 Å². The molecule has 0 bridgehead atoms. The van der Waals surface area contributed by atoms with Crippen molar-refractivity contribution in [3.63, 3.8) is 0 Å². The van der Waals surface area contributed by atoms with Gasteiger partial charge in [0, 0.05) is 23.1 Å². The Morgan fingerprint density at radius 1 is 1.25 bits per heavy atom. The highest BCUT2D eigenvalue weighted by Gasteiger charge is 2.09. The molecule has 0 atom stereocenters. The average Bonchev–Trinajstić information content (AvgIpc) is 2.06. The quantitative estimate of drug-likeness (QED) is 0.676. The summed E-state index contributed by atoms with van der Waals surface area (Å²) in [4.78, 5) is 0. The maximum Gasteiger partial charge on any atom is 0.161 e. The molecule has 0 saturated heterocycles. The monoisotopic (exact) mass is 232 g/mol. The van der Waals surface area contributed by atoms with E-state index in [9.17, 15) is 5.11 Å². The van der Waals surface area contributed by atoms with Crippen LogP contribution >= 0.6 is 15.9 Å². The van der Waals surface area contributed by atoms with Crippen LogP contribution in [-0.4, -0.2) is 21.9 Å². The molecule has 0 aliphatic heterocycles. The number of phenols is 2. The van der Waals surface area contributed by atoms with E-state index in [4.69, 9.17) is 10.2 Å². The van der Waals surface area contributed by atoms with Crippen LogP contribution in [0.15, 0.2) is 16.6 Å². The van der Waals surface area contributed by atoms with Gasteiger partial charge in [0.25, 0.3) is 0 Å². The van der Waals surface area contributed by atoms with Crippen molar-refractivity contribution in [2.24, 2.45) is 0 Å². The minimum absolute atomic E-state index is 0.0599. The van der Waals surface area contributed by atoms with Crippen LogP contribution in [0.4, 0.5) is 0 Å². The van der Waals surface area contributed by atoms with Gasteiger partial charge in [-0.15, -0.1) is 0 Å². The molecule has 1 aromatic carbocycles. The molecule has 0 aliphatic carbocycles. The topological polar surface area (TPSA) is 60.7 Å². The first-order valence-corrected chi connectivity index (χ1v) is 4.26. The highest BCUT2D eigenvalue weighted by molar-refractivity contribution is 9.10. The summed E-state index contributed by atoms with van der Waals surface area (Å²) in [6.07, 6.45) is 0.320. The zero-order valence-electron chi connectivity index (χ0n) is 6.29. The molecule has 0 amide bonds. The second-order valence-electron chi connectivity index (χ2n) is 2.37. The molecule has 0 spiro atoms. The summed E-state index contributed by atoms with van der Waals surface area (Å²) in [5.41, 5.74) is 0.525. The number of aliphatic hydroxyl groups is 1. The van der Waals surface area contributed by atoms with Gasteiger partial charge < -0.3 is 15.3 Å². The van der Waals surface area contributed by atoms with Gasteiger partial charge in [0.2, 0.25) is 0 Å². The van der Waals surface area contributed by atoms with Crippen LogP contribution in [-0.2, 0) is 6.42 Å². The normalized spacial score (nSPS) is 10.2. The van der Waals surface area contributed by atoms with Crippen molar-refractivity contribution >= 4 is 15.9 Å². The maximum absolute atomic E-state index is 9.32. The van der Waals surface area contributed by atoms with Gasteiger partial charge in [-0.2, -0.15) is 0 Å². The number of phenolic OH excluding ortho intramolecular Hbond substituents is 2. The molecule has 12 heavy (non-hydrogen) atoms. The minimum Gasteiger partial charge on any atom is -0.504 e. The van der Waals surface area contributed by atoms with E-state index >= 15 is 0 Å². The Kier molecular flexibility index (Phi) is 2.94. The number of aliphatic hydroxyl groups excluding tert-OH is 1. The number of halogens is 1. The fourth-order valence-electron chi connectivity index (χ4n) is 0.949. The summed E-state index contributed by atoms with van der Waals surface area (Å²) in [6, 6.07) is 3.01. The van der Waals surface area contributed by atoms with E-state index in [1.54, 1.807) is 6.07 Å². The second-order valence-corrected chi connectivity index (χ2v) is 3.22. The van der Waals surface area contributed by atoms with Gasteiger partial charge in [-0.3, -0.25) is 0 Å². The van der Waals surface area contributed by atoms with Gasteiger partial charge in [-0.25, -0.2) is 0 Å². The Morgan fingerprint density at radius 3 is 2.50 bits per heavy atom. The van der Waals surface area contributed by atoms with E-state index in [1.807, 2.05) is 0 Å². The third-order valence-electron chi connectivity index (χ3n) is 1.57. The number of hydrogen-bond donors (Lipinski definition) is 3. The minimum atomic E-state index is -0.168. The second kappa shape index (κ2) is 3.78. The third kappa shape index (κ3) is 1.70. The fourth-order valence-corrected chi connectivity index (χ4v) is 1.47. The third-order valence-corrected chi connectivity index (χ3v) is 2.31. The van der Waals surface area contributed by atoms with E-state index in [0.717, 1.165) is 0 Å². The summed E-state index contributed by atoms with van der Waals surface area (Å²) >= 11 is 3.20. The first-order chi connectivity index (χ1) is 5.66. The molecule has 0 fully saturated rings. The molecule has 1 rings (SSSR count). The number of benzene rings is 1. The molecular weight excluding hydrogens is 224 g/mol. The number of aromatic hydroxyl groups is 2. The van der Waals surface area contributed by atoms with Crippen LogP contribution in [0.2, 0.25) is 0 Å². The Bertz CT molecular complexity index is 286. The first kappa shape index (κ1) is 9.35. The van der Waals surface area contributed by atoms with Crippen molar-refractivity contribution in [1.82, 2.24) is 0 Å². The molecule has 0 heterocycles. The lowest BCUT2D eigenvalue weighted by atomic mass is 10.1. The number of rotatable bonds is 2. The molecule has 0 radical (unpaired) electrons. The smallest absolute Gasteiger partial charge is 0.161 e. The molecule has 0 aliphatic rings. The van der Waals surface area contributed by atoms with Crippen LogP contribution in [0.25, 0.3) is 0 Å². The van der Waals surface area contributed by atoms with Crippen molar-refractivity contribution in [3.05, 3.63) is 22.2 Å². The molecule has 1 aromatic rings. The molecule has 66 valence electrons. The Hall–Kier alpha value is -0.740. The van der Waals surface area contributed by atoms with Gasteiger partial charge in [0.15, 0.2) is 11.5 Å². The molecule has 3 N–H and O–H groups in total. The fraction of sp³-hybridized carbons (Fsp3) is 0.250. The highest BCUT2D eigenvalue weighted by Crippen LogP contribution is 2.34. The van der Waals surface area contributed by atoms with E-state index in [0.29, 0.717) is 16.5 Å². The average molecular weight is 233 g/mol. The summed E-state index contributed by atoms with van der Waals surface area (Å²) in [7, 11) is 0. The molecule has 4 heteroatoms. The number of hydrogen-bond acceptors (Lipinski definition) is 3. The zero-order chi connectivity index (χ0) is 9.14. The van der Waals surface area contributed by atoms with Crippen LogP contribution in [0.3, 0.4) is 0 Å². The van der Waals surface area contributed by atoms with E-state index in [1.165, 1.54) is 6.07 Å². The Labute approximate surface area is 78.4 Å². The first-order valence-electron chi connectivity index (χ1n) is 3.47. The van der Waals surface area contributed by atoms with Gasteiger partial charge >= 0.3 is 0 Å². The van der Waals surface area contributed by atoms with Gasteiger partial charge in [0.05, 0.1) is 0 Å². The zero-order valence-corrected chi connectivity index (χ0v) is 7.87. The van der Waals surface area contributed by atoms with Crippen LogP contribution < -0.4 is 0 Å². The standard InChI is InChI=1S/C8H9BrO3/c9-6-1-2-7(11)8(12)5(6)3-4-10/h1-2,10-12H,3-4H2. The maximum atomic E-state index is 9.32. The van der Waals surface area contributed by atoms with E-state index in [2.05, 4.69) is 15.9 Å². The van der Waals surface area contributed by atoms with E-state index < -0.39 is 0 Å². The lowest BCUT2D eigenvalue weighted by Gasteiger charge is -2.06. The lowest BCUT2D eigenvalue weighted by Crippen LogP contribution is -1.92. The SMILES string of the molecule is OCCc1c(Br)ccc(O)c1O. The van der Waals surface area contributed by atoms with Crippen molar-refractivity contribution in [2.75, 3.05) is 6.61 Å². The van der Waals surface area contributed by atoms with Crippen molar-refractivity contribution in [1.29, 1.82) is 0 Å². The predicted octanol–water partition coefficient (Wildman–Crippen LogP) is 1.40. The molecule has 3 nitrogen and oxygen atoms in total. The molecule has 0 saturated carbocycles. The Morgan fingerprint density at radius 2 is 1.92 bits per heavy atom.